The molecule has 0 N–H and O–H groups in total. The molecule has 1 heterocycles. The van der Waals surface area contributed by atoms with E-state index in [9.17, 15) is 0 Å². The Labute approximate surface area is 148 Å². The van der Waals surface area contributed by atoms with Gasteiger partial charge in [-0.05, 0) is 66.9 Å². The molecule has 0 fully saturated rings. The van der Waals surface area contributed by atoms with Gasteiger partial charge in [0.1, 0.15) is 0 Å². The molecule has 3 aromatic rings. The van der Waals surface area contributed by atoms with E-state index in [4.69, 9.17) is 11.6 Å². The van der Waals surface area contributed by atoms with E-state index in [0.29, 0.717) is 0 Å². The molecule has 3 heteroatoms. The monoisotopic (exact) mass is 336 g/mol. The Morgan fingerprint density at radius 3 is 2.46 bits per heavy atom. The van der Waals surface area contributed by atoms with E-state index in [2.05, 4.69) is 40.7 Å². The van der Waals surface area contributed by atoms with Crippen molar-refractivity contribution in [1.29, 1.82) is 0 Å². The number of aryl methyl sites for hydroxylation is 1. The molecule has 0 atom stereocenters. The van der Waals surface area contributed by atoms with E-state index in [0.717, 1.165) is 28.5 Å². The Bertz CT molecular complexity index is 799. The first kappa shape index (κ1) is 16.5. The molecule has 2 nitrogen and oxygen atoms in total. The van der Waals surface area contributed by atoms with Gasteiger partial charge in [0.25, 0.3) is 0 Å². The minimum Gasteiger partial charge on any atom is -0.316 e. The Balaban J connectivity index is 1.75. The summed E-state index contributed by atoms with van der Waals surface area (Å²) in [6.07, 6.45) is 7.52. The van der Waals surface area contributed by atoms with Gasteiger partial charge in [0.15, 0.2) is 0 Å². The van der Waals surface area contributed by atoms with Crippen LogP contribution in [0, 0.1) is 0 Å². The maximum absolute atomic E-state index is 5.96. The summed E-state index contributed by atoms with van der Waals surface area (Å²) in [5, 5.41) is 0.740. The normalized spacial score (nSPS) is 11.2. The fourth-order valence-electron chi connectivity index (χ4n) is 2.61. The van der Waals surface area contributed by atoms with Crippen LogP contribution in [-0.4, -0.2) is 10.8 Å². The average molecular weight is 337 g/mol. The third-order valence-corrected chi connectivity index (χ3v) is 4.24. The topological polar surface area (TPSA) is 17.3 Å². The van der Waals surface area contributed by atoms with Crippen molar-refractivity contribution in [2.24, 2.45) is 4.99 Å². The summed E-state index contributed by atoms with van der Waals surface area (Å²) in [6, 6.07) is 20.4. The van der Waals surface area contributed by atoms with E-state index < -0.39 is 0 Å². The predicted molar refractivity (Wildman–Crippen MR) is 103 cm³/mol. The summed E-state index contributed by atoms with van der Waals surface area (Å²) in [4.78, 5) is 4.60. The maximum atomic E-state index is 5.96. The Hall–Kier alpha value is -2.32. The molecule has 122 valence electrons. The van der Waals surface area contributed by atoms with Gasteiger partial charge in [0.05, 0.1) is 17.6 Å². The number of unbranched alkanes of at least 4 members (excludes halogenated alkanes) is 1. The molecule has 0 aliphatic carbocycles. The number of hydrogen-bond donors (Lipinski definition) is 0. The molecule has 0 amide bonds. The van der Waals surface area contributed by atoms with E-state index in [-0.39, 0.29) is 0 Å². The second kappa shape index (κ2) is 7.98. The summed E-state index contributed by atoms with van der Waals surface area (Å²) in [7, 11) is 0. The van der Waals surface area contributed by atoms with Crippen molar-refractivity contribution < 1.29 is 0 Å². The Morgan fingerprint density at radius 1 is 1.00 bits per heavy atom. The lowest BCUT2D eigenvalue weighted by Crippen LogP contribution is -1.97. The first-order chi connectivity index (χ1) is 11.8. The fourth-order valence-corrected chi connectivity index (χ4v) is 2.73. The minimum absolute atomic E-state index is 0.740. The highest BCUT2D eigenvalue weighted by atomic mass is 35.5. The summed E-state index contributed by atoms with van der Waals surface area (Å²) in [5.74, 6) is 0. The number of rotatable bonds is 6. The van der Waals surface area contributed by atoms with Crippen LogP contribution < -0.4 is 0 Å². The van der Waals surface area contributed by atoms with E-state index in [1.54, 1.807) is 0 Å². The highest BCUT2D eigenvalue weighted by molar-refractivity contribution is 6.30. The lowest BCUT2D eigenvalue weighted by molar-refractivity contribution is 0.795. The standard InChI is InChI=1S/C21H21ClN2/c1-2-3-5-17-7-11-19(12-8-17)23-16-21-6-4-15-24(21)20-13-9-18(22)10-14-20/h4,6-16H,2-3,5H2,1H3. The fraction of sp³-hybridized carbons (Fsp3) is 0.190. The molecule has 24 heavy (non-hydrogen) atoms. The third kappa shape index (κ3) is 4.15. The molecule has 0 saturated heterocycles. The van der Waals surface area contributed by atoms with Gasteiger partial charge in [0, 0.05) is 16.9 Å². The third-order valence-electron chi connectivity index (χ3n) is 3.99. The number of benzene rings is 2. The van der Waals surface area contributed by atoms with Crippen molar-refractivity contribution in [1.82, 2.24) is 4.57 Å². The number of aromatic nitrogens is 1. The van der Waals surface area contributed by atoms with Crippen molar-refractivity contribution >= 4 is 23.5 Å². The van der Waals surface area contributed by atoms with Crippen molar-refractivity contribution in [3.8, 4) is 5.69 Å². The molecule has 1 aromatic heterocycles. The SMILES string of the molecule is CCCCc1ccc(N=Cc2cccn2-c2ccc(Cl)cc2)cc1. The van der Waals surface area contributed by atoms with Crippen LogP contribution in [0.1, 0.15) is 31.0 Å². The second-order valence-corrected chi connectivity index (χ2v) is 6.24. The van der Waals surface area contributed by atoms with Gasteiger partial charge < -0.3 is 4.57 Å². The zero-order chi connectivity index (χ0) is 16.8. The van der Waals surface area contributed by atoms with Crippen molar-refractivity contribution in [3.63, 3.8) is 0 Å². The van der Waals surface area contributed by atoms with Crippen LogP contribution in [0.15, 0.2) is 71.9 Å². The predicted octanol–water partition coefficient (Wildman–Crippen LogP) is 6.22. The molecule has 2 aromatic carbocycles. The molecular formula is C21H21ClN2. The first-order valence-electron chi connectivity index (χ1n) is 8.32. The minimum atomic E-state index is 0.740. The van der Waals surface area contributed by atoms with Gasteiger partial charge in [-0.2, -0.15) is 0 Å². The Morgan fingerprint density at radius 2 is 1.75 bits per heavy atom. The van der Waals surface area contributed by atoms with Crippen molar-refractivity contribution in [2.45, 2.75) is 26.2 Å². The lowest BCUT2D eigenvalue weighted by Gasteiger charge is -2.06. The quantitative estimate of drug-likeness (QED) is 0.475. The number of hydrogen-bond acceptors (Lipinski definition) is 1. The summed E-state index contributed by atoms with van der Waals surface area (Å²) < 4.78 is 2.09. The van der Waals surface area contributed by atoms with E-state index in [1.807, 2.05) is 48.8 Å². The second-order valence-electron chi connectivity index (χ2n) is 5.81. The zero-order valence-corrected chi connectivity index (χ0v) is 14.6. The molecule has 0 radical (unpaired) electrons. The molecule has 0 bridgehead atoms. The van der Waals surface area contributed by atoms with Gasteiger partial charge in [0.2, 0.25) is 0 Å². The lowest BCUT2D eigenvalue weighted by atomic mass is 10.1. The zero-order valence-electron chi connectivity index (χ0n) is 13.8. The van der Waals surface area contributed by atoms with Crippen LogP contribution in [0.5, 0.6) is 0 Å². The average Bonchev–Trinajstić information content (AvgIpc) is 3.08. The van der Waals surface area contributed by atoms with Gasteiger partial charge in [-0.25, -0.2) is 0 Å². The van der Waals surface area contributed by atoms with Gasteiger partial charge in [-0.15, -0.1) is 0 Å². The van der Waals surface area contributed by atoms with Gasteiger partial charge in [-0.3, -0.25) is 4.99 Å². The molecule has 0 aliphatic rings. The van der Waals surface area contributed by atoms with Crippen LogP contribution in [-0.2, 0) is 6.42 Å². The van der Waals surface area contributed by atoms with Crippen LogP contribution in [0.25, 0.3) is 5.69 Å². The van der Waals surface area contributed by atoms with Crippen LogP contribution in [0.2, 0.25) is 5.02 Å². The smallest absolute Gasteiger partial charge is 0.0639 e. The highest BCUT2D eigenvalue weighted by Crippen LogP contribution is 2.17. The largest absolute Gasteiger partial charge is 0.316 e. The van der Waals surface area contributed by atoms with Crippen LogP contribution in [0.3, 0.4) is 0 Å². The van der Waals surface area contributed by atoms with Crippen LogP contribution >= 0.6 is 11.6 Å². The van der Waals surface area contributed by atoms with E-state index >= 15 is 0 Å². The van der Waals surface area contributed by atoms with E-state index in [1.165, 1.54) is 18.4 Å². The van der Waals surface area contributed by atoms with Gasteiger partial charge >= 0.3 is 0 Å². The first-order valence-corrected chi connectivity index (χ1v) is 8.70. The molecule has 0 saturated carbocycles. The molecule has 0 spiro atoms. The highest BCUT2D eigenvalue weighted by Gasteiger charge is 2.01. The number of nitrogens with zero attached hydrogens (tertiary/aromatic N) is 2. The van der Waals surface area contributed by atoms with Gasteiger partial charge in [-0.1, -0.05) is 37.1 Å². The molecular weight excluding hydrogens is 316 g/mol. The molecule has 0 aliphatic heterocycles. The van der Waals surface area contributed by atoms with Crippen LogP contribution in [0.4, 0.5) is 5.69 Å². The molecule has 3 rings (SSSR count). The number of aliphatic imine (C=N–C) groups is 1. The maximum Gasteiger partial charge on any atom is 0.0639 e. The van der Waals surface area contributed by atoms with Crippen molar-refractivity contribution in [2.75, 3.05) is 0 Å². The number of halogens is 1. The summed E-state index contributed by atoms with van der Waals surface area (Å²) in [5.41, 5.74) is 4.45. The van der Waals surface area contributed by atoms with Crippen molar-refractivity contribution in [3.05, 3.63) is 83.1 Å². The summed E-state index contributed by atoms with van der Waals surface area (Å²) >= 11 is 5.96. The molecule has 0 unspecified atom stereocenters. The Kier molecular flexibility index (Phi) is 5.50. The summed E-state index contributed by atoms with van der Waals surface area (Å²) in [6.45, 7) is 2.22.